The largest absolute Gasteiger partial charge is 0.478 e. The van der Waals surface area contributed by atoms with E-state index in [0.717, 1.165) is 0 Å². The molecule has 1 N–H and O–H groups in total. The van der Waals surface area contributed by atoms with Gasteiger partial charge in [0.25, 0.3) is 0 Å². The van der Waals surface area contributed by atoms with E-state index in [2.05, 4.69) is 53.8 Å². The van der Waals surface area contributed by atoms with Gasteiger partial charge in [-0.15, -0.1) is 11.8 Å². The monoisotopic (exact) mass is 416 g/mol. The van der Waals surface area contributed by atoms with E-state index in [9.17, 15) is 4.79 Å². The predicted octanol–water partition coefficient (Wildman–Crippen LogP) is 6.11. The minimum atomic E-state index is -1.96. The average Bonchev–Trinajstić information content (AvgIpc) is 2.57. The molecule has 4 nitrogen and oxygen atoms in total. The number of carbonyl (C=O) groups is 1. The molecule has 0 aliphatic rings. The van der Waals surface area contributed by atoms with Crippen LogP contribution in [0.3, 0.4) is 0 Å². The normalized spacial score (nSPS) is 17.6. The van der Waals surface area contributed by atoms with Crippen LogP contribution >= 0.6 is 11.8 Å². The van der Waals surface area contributed by atoms with Gasteiger partial charge in [-0.1, -0.05) is 39.8 Å². The van der Waals surface area contributed by atoms with Crippen molar-refractivity contribution >= 4 is 26.0 Å². The summed E-state index contributed by atoms with van der Waals surface area (Å²) >= 11 is 1.63. The first-order chi connectivity index (χ1) is 12.3. The molecule has 0 radical (unpaired) electrons. The molecular weight excluding hydrogens is 376 g/mol. The summed E-state index contributed by atoms with van der Waals surface area (Å²) < 4.78 is 12.9. The number of allylic oxidation sites excluding steroid dienone is 1. The van der Waals surface area contributed by atoms with Gasteiger partial charge < -0.3 is 14.3 Å². The highest BCUT2D eigenvalue weighted by Crippen LogP contribution is 2.39. The number of hydrogen-bond acceptors (Lipinski definition) is 4. The Balaban J connectivity index is 5.68. The molecule has 0 bridgehead atoms. The Morgan fingerprint density at radius 2 is 1.81 bits per heavy atom. The topological polar surface area (TPSA) is 55.8 Å². The third kappa shape index (κ3) is 8.54. The minimum absolute atomic E-state index is 0.0405. The maximum Gasteiger partial charge on any atom is 0.330 e. The molecule has 6 heteroatoms. The molecule has 0 fully saturated rings. The SMILES string of the molecule is C/C=C(\C)[C@@H](O[Si](C)(C)C(C)(C)C)[C@@H](C)[C@H](C/C=C(\C)C(=O)O)OCSC. The quantitative estimate of drug-likeness (QED) is 0.191. The second kappa shape index (κ2) is 11.4. The highest BCUT2D eigenvalue weighted by molar-refractivity contribution is 7.98. The number of ether oxygens (including phenoxy) is 1. The molecule has 158 valence electrons. The van der Waals surface area contributed by atoms with Gasteiger partial charge in [-0.3, -0.25) is 0 Å². The van der Waals surface area contributed by atoms with Crippen molar-refractivity contribution in [1.29, 1.82) is 0 Å². The molecule has 0 aromatic carbocycles. The van der Waals surface area contributed by atoms with Crippen molar-refractivity contribution < 1.29 is 19.1 Å². The van der Waals surface area contributed by atoms with Crippen LogP contribution in [0.2, 0.25) is 18.1 Å². The second-order valence-electron chi connectivity index (χ2n) is 8.73. The van der Waals surface area contributed by atoms with Crippen LogP contribution in [0.4, 0.5) is 0 Å². The van der Waals surface area contributed by atoms with E-state index in [-0.39, 0.29) is 23.2 Å². The van der Waals surface area contributed by atoms with Gasteiger partial charge in [0.2, 0.25) is 0 Å². The number of carboxylic acid groups (broad SMARTS) is 1. The first kappa shape index (κ1) is 26.4. The van der Waals surface area contributed by atoms with E-state index >= 15 is 0 Å². The van der Waals surface area contributed by atoms with E-state index in [1.54, 1.807) is 24.8 Å². The summed E-state index contributed by atoms with van der Waals surface area (Å²) in [7, 11) is -1.96. The van der Waals surface area contributed by atoms with Crippen LogP contribution < -0.4 is 0 Å². The highest BCUT2D eigenvalue weighted by atomic mass is 32.2. The van der Waals surface area contributed by atoms with Crippen molar-refractivity contribution in [3.05, 3.63) is 23.3 Å². The number of thioether (sulfide) groups is 1. The van der Waals surface area contributed by atoms with Crippen LogP contribution in [0.25, 0.3) is 0 Å². The Morgan fingerprint density at radius 3 is 2.22 bits per heavy atom. The lowest BCUT2D eigenvalue weighted by atomic mass is 9.90. The van der Waals surface area contributed by atoms with Crippen LogP contribution in [0.5, 0.6) is 0 Å². The summed E-state index contributed by atoms with van der Waals surface area (Å²) in [5.41, 5.74) is 1.55. The van der Waals surface area contributed by atoms with Gasteiger partial charge in [0, 0.05) is 11.5 Å². The lowest BCUT2D eigenvalue weighted by molar-refractivity contribution is -0.132. The van der Waals surface area contributed by atoms with E-state index < -0.39 is 14.3 Å². The summed E-state index contributed by atoms with van der Waals surface area (Å²) in [6, 6.07) is 0. The fraction of sp³-hybridized carbons (Fsp3) is 0.762. The molecule has 0 saturated carbocycles. The number of hydrogen-bond donors (Lipinski definition) is 1. The van der Waals surface area contributed by atoms with E-state index in [1.165, 1.54) is 5.57 Å². The molecule has 0 amide bonds. The average molecular weight is 417 g/mol. The zero-order chi connectivity index (χ0) is 21.4. The van der Waals surface area contributed by atoms with Crippen LogP contribution in [-0.2, 0) is 14.0 Å². The third-order valence-corrected chi connectivity index (χ3v) is 10.4. The molecular formula is C21H40O4SSi. The Labute approximate surface area is 171 Å². The predicted molar refractivity (Wildman–Crippen MR) is 120 cm³/mol. The molecule has 0 spiro atoms. The van der Waals surface area contributed by atoms with Crippen LogP contribution in [-0.4, -0.2) is 43.8 Å². The number of rotatable bonds is 11. The van der Waals surface area contributed by atoms with Crippen LogP contribution in [0.15, 0.2) is 23.3 Å². The summed E-state index contributed by atoms with van der Waals surface area (Å²) in [5, 5.41) is 9.27. The summed E-state index contributed by atoms with van der Waals surface area (Å²) in [4.78, 5) is 11.1. The van der Waals surface area contributed by atoms with Gasteiger partial charge in [-0.05, 0) is 57.2 Å². The molecule has 3 atom stereocenters. The third-order valence-electron chi connectivity index (χ3n) is 5.59. The minimum Gasteiger partial charge on any atom is -0.478 e. The van der Waals surface area contributed by atoms with Crippen molar-refractivity contribution in [3.8, 4) is 0 Å². The molecule has 0 heterocycles. The molecule has 0 aromatic rings. The molecule has 0 aromatic heterocycles. The molecule has 0 rings (SSSR count). The standard InChI is InChI=1S/C21H40O4SSi/c1-11-15(2)19(25-27(9,10)21(5,6)7)17(4)18(24-14-26-8)13-12-16(3)20(22)23/h11-12,17-19H,13-14H2,1-10H3,(H,22,23)/b15-11+,16-12+/t17-,18-,19+/m0/s1. The Kier molecular flexibility index (Phi) is 11.2. The molecule has 0 aliphatic heterocycles. The van der Waals surface area contributed by atoms with Gasteiger partial charge in [-0.2, -0.15) is 0 Å². The van der Waals surface area contributed by atoms with Gasteiger partial charge in [0.15, 0.2) is 8.32 Å². The van der Waals surface area contributed by atoms with Gasteiger partial charge in [-0.25, -0.2) is 4.79 Å². The van der Waals surface area contributed by atoms with Crippen LogP contribution in [0, 0.1) is 5.92 Å². The summed E-state index contributed by atoms with van der Waals surface area (Å²) in [6.45, 7) is 19.2. The van der Waals surface area contributed by atoms with Gasteiger partial charge in [0.05, 0.1) is 18.1 Å². The van der Waals surface area contributed by atoms with Crippen molar-refractivity contribution in [2.45, 2.75) is 85.2 Å². The fourth-order valence-electron chi connectivity index (χ4n) is 2.44. The first-order valence-corrected chi connectivity index (χ1v) is 13.9. The molecule has 0 aliphatic carbocycles. The zero-order valence-corrected chi connectivity index (χ0v) is 20.7. The van der Waals surface area contributed by atoms with Gasteiger partial charge >= 0.3 is 5.97 Å². The van der Waals surface area contributed by atoms with Crippen molar-refractivity contribution in [2.24, 2.45) is 5.92 Å². The van der Waals surface area contributed by atoms with Crippen LogP contribution in [0.1, 0.15) is 54.9 Å². The van der Waals surface area contributed by atoms with Crippen molar-refractivity contribution in [1.82, 2.24) is 0 Å². The Morgan fingerprint density at radius 1 is 1.26 bits per heavy atom. The van der Waals surface area contributed by atoms with Crippen molar-refractivity contribution in [2.75, 3.05) is 12.2 Å². The highest BCUT2D eigenvalue weighted by Gasteiger charge is 2.41. The number of aliphatic carboxylic acids is 1. The Hall–Kier alpha value is -0.563. The van der Waals surface area contributed by atoms with E-state index in [1.807, 2.05) is 13.2 Å². The van der Waals surface area contributed by atoms with Crippen molar-refractivity contribution in [3.63, 3.8) is 0 Å². The fourth-order valence-corrected chi connectivity index (χ4v) is 4.14. The Bertz CT molecular complexity index is 535. The molecule has 0 saturated heterocycles. The molecule has 27 heavy (non-hydrogen) atoms. The maximum atomic E-state index is 11.1. The first-order valence-electron chi connectivity index (χ1n) is 9.59. The maximum absolute atomic E-state index is 11.1. The second-order valence-corrected chi connectivity index (χ2v) is 14.3. The van der Waals surface area contributed by atoms with E-state index in [0.29, 0.717) is 17.9 Å². The van der Waals surface area contributed by atoms with E-state index in [4.69, 9.17) is 14.3 Å². The lowest BCUT2D eigenvalue weighted by Crippen LogP contribution is -2.47. The molecule has 0 unspecified atom stereocenters. The smallest absolute Gasteiger partial charge is 0.330 e. The van der Waals surface area contributed by atoms with Gasteiger partial charge in [0.1, 0.15) is 0 Å². The summed E-state index contributed by atoms with van der Waals surface area (Å²) in [6.07, 6.45) is 6.30. The summed E-state index contributed by atoms with van der Waals surface area (Å²) in [5.74, 6) is -0.193. The lowest BCUT2D eigenvalue weighted by Gasteiger charge is -2.42. The number of carboxylic acids is 1. The zero-order valence-electron chi connectivity index (χ0n) is 18.9.